The Morgan fingerprint density at radius 1 is 0.677 bits per heavy atom. The first-order chi connectivity index (χ1) is 30.1. The number of anilines is 2. The largest absolute Gasteiger partial charge is 0.480 e. The van der Waals surface area contributed by atoms with E-state index in [0.29, 0.717) is 39.2 Å². The Labute approximate surface area is 385 Å². The fourth-order valence-corrected chi connectivity index (χ4v) is 5.36. The van der Waals surface area contributed by atoms with E-state index < -0.39 is 42.1 Å². The highest BCUT2D eigenvalue weighted by Gasteiger charge is 2.25. The predicted octanol–water partition coefficient (Wildman–Crippen LogP) is 6.88. The van der Waals surface area contributed by atoms with Gasteiger partial charge in [0.2, 0.25) is 11.4 Å². The molecular weight excluding hydrogens is 881 g/mol. The highest BCUT2D eigenvalue weighted by atomic mass is 35.5. The zero-order chi connectivity index (χ0) is 46.5. The Kier molecular flexibility index (Phi) is 23.8. The Morgan fingerprint density at radius 3 is 1.54 bits per heavy atom. The van der Waals surface area contributed by atoms with Crippen LogP contribution < -0.4 is 32.8 Å². The number of carbonyl (C=O) groups excluding carboxylic acids is 3. The number of hydrogen-bond acceptors (Lipinski definition) is 12. The molecule has 0 saturated carbocycles. The average Bonchev–Trinajstić information content (AvgIpc) is 3.67. The Hall–Kier alpha value is -7.78. The van der Waals surface area contributed by atoms with E-state index in [2.05, 4.69) is 41.5 Å². The molecular formula is C44H49Cl2N11O8. The van der Waals surface area contributed by atoms with Crippen LogP contribution in [0.25, 0.3) is 20.7 Å². The van der Waals surface area contributed by atoms with Gasteiger partial charge in [0.1, 0.15) is 17.1 Å². The lowest BCUT2D eigenvalue weighted by molar-refractivity contribution is -0.140. The molecule has 0 unspecified atom stereocenters. The number of nitrogens with one attached hydrogen (secondary N) is 5. The molecule has 0 spiro atoms. The standard InChI is InChI=1S/C18H17ClN4O3.C11H11ClN2O3.C7H8N2O.C6H5N3O.2CH4/c1-11(24)16(21-13-8-9-15(20-2)14(19)10-13)18(26)23-22-17(25)12-6-4-3-5-7-12;1-6(15)10(11(16)17)14-7-3-4-9(13-2)8(12)5-7;8-9-7(10)6-4-2-1-3-5-6;10-9-6-4-2-1-3-5(6)7-8-9;;/h3-11,16,21,24H,1H3,(H,22,25)(H,23,26);3-6,10,14-15H,1H3,(H,16,17);1-5H,8H2,(H,9,10);1-4,10H;2*1H4/t11-,16+;6-,10+;;;;/m00..../s1. The molecule has 0 aliphatic heterocycles. The van der Waals surface area contributed by atoms with Crippen molar-refractivity contribution in [2.24, 2.45) is 5.84 Å². The molecule has 5 aromatic carbocycles. The zero-order valence-corrected chi connectivity index (χ0v) is 34.9. The number of aliphatic carboxylic acids is 1. The van der Waals surface area contributed by atoms with Gasteiger partial charge in [-0.15, -0.1) is 5.10 Å². The number of hydrazine groups is 2. The maximum atomic E-state index is 12.3. The number of fused-ring (bicyclic) bond motifs is 1. The molecule has 0 aliphatic rings. The lowest BCUT2D eigenvalue weighted by Gasteiger charge is -2.22. The molecule has 19 nitrogen and oxygen atoms in total. The average molecular weight is 931 g/mol. The number of carboxylic acids is 1. The quantitative estimate of drug-likeness (QED) is 0.0221. The van der Waals surface area contributed by atoms with Crippen molar-refractivity contribution >= 4 is 80.7 Å². The maximum absolute atomic E-state index is 12.3. The minimum absolute atomic E-state index is 0. The van der Waals surface area contributed by atoms with Crippen LogP contribution in [-0.2, 0) is 9.59 Å². The number of para-hydroxylation sites is 1. The van der Waals surface area contributed by atoms with E-state index in [-0.39, 0.29) is 36.5 Å². The third-order valence-corrected chi connectivity index (χ3v) is 8.74. The molecule has 0 bridgehead atoms. The number of aliphatic hydroxyl groups excluding tert-OH is 2. The van der Waals surface area contributed by atoms with E-state index in [9.17, 15) is 29.4 Å². The van der Waals surface area contributed by atoms with Crippen molar-refractivity contribution in [3.8, 4) is 0 Å². The van der Waals surface area contributed by atoms with Crippen molar-refractivity contribution in [1.82, 2.24) is 31.4 Å². The van der Waals surface area contributed by atoms with Gasteiger partial charge in [-0.1, -0.05) is 104 Å². The molecule has 21 heteroatoms. The highest BCUT2D eigenvalue weighted by Crippen LogP contribution is 2.29. The van der Waals surface area contributed by atoms with Gasteiger partial charge in [0.15, 0.2) is 6.04 Å². The fourth-order valence-electron chi connectivity index (χ4n) is 4.91. The summed E-state index contributed by atoms with van der Waals surface area (Å²) in [5.41, 5.74) is 10.4. The summed E-state index contributed by atoms with van der Waals surface area (Å²) in [4.78, 5) is 53.1. The van der Waals surface area contributed by atoms with Crippen LogP contribution in [0.1, 0.15) is 49.4 Å². The Balaban J connectivity index is 0.000000464. The molecule has 342 valence electrons. The molecule has 6 rings (SSSR count). The number of benzene rings is 5. The topological polar surface area (TPSA) is 275 Å². The van der Waals surface area contributed by atoms with Gasteiger partial charge in [0, 0.05) is 32.5 Å². The SMILES string of the molecule is C.C.NNC(=O)c1ccccc1.On1nnc2ccccc21.[C-]#[N+]c1ccc(N[C@@H](C(=O)NNC(=O)c2ccccc2)[C@H](C)O)cc1Cl.[C-]#[N+]c1ccc(N[C@@H](C(=O)O)[C@H](C)O)cc1Cl. The van der Waals surface area contributed by atoms with Gasteiger partial charge in [-0.25, -0.2) is 20.3 Å². The summed E-state index contributed by atoms with van der Waals surface area (Å²) in [6, 6.07) is 31.3. The lowest BCUT2D eigenvalue weighted by Crippen LogP contribution is -2.52. The number of carboxylic acid groups (broad SMARTS) is 1. The summed E-state index contributed by atoms with van der Waals surface area (Å²) in [6.07, 6.45) is -2.10. The first-order valence-electron chi connectivity index (χ1n) is 18.3. The molecule has 4 atom stereocenters. The van der Waals surface area contributed by atoms with Crippen LogP contribution in [0.2, 0.25) is 10.0 Å². The smallest absolute Gasteiger partial charge is 0.328 e. The molecule has 0 fully saturated rings. The number of amides is 3. The van der Waals surface area contributed by atoms with Gasteiger partial charge in [-0.2, -0.15) is 0 Å². The minimum atomic E-state index is -1.16. The van der Waals surface area contributed by atoms with Gasteiger partial charge >= 0.3 is 5.97 Å². The Morgan fingerprint density at radius 2 is 1.12 bits per heavy atom. The van der Waals surface area contributed by atoms with E-state index >= 15 is 0 Å². The second-order valence-electron chi connectivity index (χ2n) is 12.7. The van der Waals surface area contributed by atoms with Crippen molar-refractivity contribution < 1.29 is 39.7 Å². The number of nitrogen functional groups attached to an aromatic ring is 1. The highest BCUT2D eigenvalue weighted by molar-refractivity contribution is 6.34. The summed E-state index contributed by atoms with van der Waals surface area (Å²) in [7, 11) is 0. The molecule has 6 aromatic rings. The summed E-state index contributed by atoms with van der Waals surface area (Å²) in [5.74, 6) is 2.37. The van der Waals surface area contributed by atoms with E-state index in [1.807, 2.05) is 23.6 Å². The van der Waals surface area contributed by atoms with Crippen molar-refractivity contribution in [2.75, 3.05) is 10.6 Å². The van der Waals surface area contributed by atoms with E-state index in [1.165, 1.54) is 44.2 Å². The fraction of sp³-hybridized carbons (Fsp3) is 0.182. The summed E-state index contributed by atoms with van der Waals surface area (Å²) >= 11 is 11.8. The molecule has 1 aromatic heterocycles. The number of aliphatic hydroxyl groups is 2. The summed E-state index contributed by atoms with van der Waals surface area (Å²) in [5, 5.41) is 50.0. The van der Waals surface area contributed by atoms with Crippen LogP contribution in [0.4, 0.5) is 22.7 Å². The molecule has 3 amide bonds. The van der Waals surface area contributed by atoms with Crippen molar-refractivity contribution in [2.45, 2.75) is 53.0 Å². The maximum Gasteiger partial charge on any atom is 0.328 e. The second kappa shape index (κ2) is 28.0. The predicted molar refractivity (Wildman–Crippen MR) is 250 cm³/mol. The minimum Gasteiger partial charge on any atom is -0.480 e. The van der Waals surface area contributed by atoms with Crippen LogP contribution in [-0.4, -0.2) is 83.7 Å². The number of halogens is 2. The monoisotopic (exact) mass is 929 g/mol. The molecule has 0 saturated heterocycles. The number of nitrogens with two attached hydrogens (primary N) is 1. The molecule has 0 aliphatic carbocycles. The number of hydrogen-bond donors (Lipinski definition) is 10. The van der Waals surface area contributed by atoms with Gasteiger partial charge in [-0.05, 0) is 79.7 Å². The van der Waals surface area contributed by atoms with Gasteiger partial charge in [0.05, 0.1) is 25.4 Å². The number of rotatable bonds is 10. The molecule has 1 heterocycles. The normalized spacial score (nSPS) is 11.5. The first kappa shape index (κ1) is 55.2. The molecule has 0 radical (unpaired) electrons. The third kappa shape index (κ3) is 17.5. The van der Waals surface area contributed by atoms with E-state index in [0.717, 1.165) is 4.85 Å². The summed E-state index contributed by atoms with van der Waals surface area (Å²) < 4.78 is 0. The third-order valence-electron chi connectivity index (χ3n) is 8.13. The van der Waals surface area contributed by atoms with Crippen LogP contribution >= 0.6 is 23.2 Å². The van der Waals surface area contributed by atoms with E-state index in [4.69, 9.17) is 52.5 Å². The molecule has 11 N–H and O–H groups in total. The lowest BCUT2D eigenvalue weighted by atomic mass is 10.1. The zero-order valence-electron chi connectivity index (χ0n) is 33.3. The number of carbonyl (C=O) groups is 4. The van der Waals surface area contributed by atoms with Gasteiger partial charge in [0.25, 0.3) is 17.7 Å². The van der Waals surface area contributed by atoms with Crippen molar-refractivity contribution in [3.63, 3.8) is 0 Å². The van der Waals surface area contributed by atoms with Crippen molar-refractivity contribution in [3.05, 3.63) is 165 Å². The summed E-state index contributed by atoms with van der Waals surface area (Å²) in [6.45, 7) is 16.6. The number of nitrogens with zero attached hydrogens (tertiary/aromatic N) is 5. The van der Waals surface area contributed by atoms with Crippen LogP contribution in [0.15, 0.2) is 121 Å². The molecule has 65 heavy (non-hydrogen) atoms. The van der Waals surface area contributed by atoms with Crippen LogP contribution in [0.5, 0.6) is 0 Å². The van der Waals surface area contributed by atoms with Crippen LogP contribution in [0, 0.1) is 13.1 Å². The van der Waals surface area contributed by atoms with Gasteiger partial charge in [-0.3, -0.25) is 30.7 Å². The first-order valence-corrected chi connectivity index (χ1v) is 19.0. The van der Waals surface area contributed by atoms with E-state index in [1.54, 1.807) is 72.8 Å². The van der Waals surface area contributed by atoms with Gasteiger partial charge < -0.3 is 31.2 Å². The van der Waals surface area contributed by atoms with Crippen molar-refractivity contribution in [1.29, 1.82) is 0 Å². The number of aromatic nitrogens is 3. The van der Waals surface area contributed by atoms with Crippen LogP contribution in [0.3, 0.4) is 0 Å². The second-order valence-corrected chi connectivity index (χ2v) is 13.6. The Bertz CT molecular complexity index is 2550.